The van der Waals surface area contributed by atoms with Gasteiger partial charge in [-0.1, -0.05) is 32.9 Å². The molecule has 0 saturated heterocycles. The number of rotatable bonds is 6. The van der Waals surface area contributed by atoms with Crippen LogP contribution in [0.3, 0.4) is 0 Å². The highest BCUT2D eigenvalue weighted by molar-refractivity contribution is 9.10. The van der Waals surface area contributed by atoms with Gasteiger partial charge in [-0.2, -0.15) is 4.31 Å². The molecule has 0 radical (unpaired) electrons. The summed E-state index contributed by atoms with van der Waals surface area (Å²) in [7, 11) is -2.01. The van der Waals surface area contributed by atoms with Crippen LogP contribution in [0.4, 0.5) is 0 Å². The molecule has 1 rings (SSSR count). The quantitative estimate of drug-likeness (QED) is 0.783. The van der Waals surface area contributed by atoms with Crippen molar-refractivity contribution in [3.8, 4) is 0 Å². The molecule has 19 heavy (non-hydrogen) atoms. The number of nitrogens with zero attached hydrogens (tertiary/aromatic N) is 4. The van der Waals surface area contributed by atoms with Crippen LogP contribution in [-0.2, 0) is 17.1 Å². The molecule has 0 aliphatic heterocycles. The van der Waals surface area contributed by atoms with Crippen LogP contribution in [0.2, 0.25) is 0 Å². The first kappa shape index (κ1) is 16.6. The van der Waals surface area contributed by atoms with E-state index in [4.69, 9.17) is 0 Å². The normalized spacial score (nSPS) is 12.9. The number of hydrogen-bond acceptors (Lipinski definition) is 4. The lowest BCUT2D eigenvalue weighted by Crippen LogP contribution is -2.38. The molecular weight excluding hydrogens is 332 g/mol. The molecule has 110 valence electrons. The van der Waals surface area contributed by atoms with Crippen LogP contribution in [-0.4, -0.2) is 40.8 Å². The first-order chi connectivity index (χ1) is 8.66. The summed E-state index contributed by atoms with van der Waals surface area (Å²) in [5.41, 5.74) is 0. The van der Waals surface area contributed by atoms with Crippen molar-refractivity contribution >= 4 is 26.0 Å². The maximum atomic E-state index is 12.7. The average molecular weight is 353 g/mol. The summed E-state index contributed by atoms with van der Waals surface area (Å²) in [6.45, 7) is 8.97. The smallest absolute Gasteiger partial charge is 0.235 e. The summed E-state index contributed by atoms with van der Waals surface area (Å²) in [5, 5.41) is 7.59. The third kappa shape index (κ3) is 4.00. The number of hydrogen-bond donors (Lipinski definition) is 0. The van der Waals surface area contributed by atoms with Crippen molar-refractivity contribution in [2.45, 2.75) is 32.7 Å². The Kier molecular flexibility index (Phi) is 5.52. The molecule has 0 unspecified atom stereocenters. The monoisotopic (exact) mass is 352 g/mol. The van der Waals surface area contributed by atoms with Gasteiger partial charge in [-0.25, -0.2) is 13.1 Å². The van der Waals surface area contributed by atoms with E-state index in [1.807, 2.05) is 27.7 Å². The molecule has 6 nitrogen and oxygen atoms in total. The minimum atomic E-state index is -3.58. The van der Waals surface area contributed by atoms with E-state index in [-0.39, 0.29) is 21.5 Å². The minimum absolute atomic E-state index is 0.105. The van der Waals surface area contributed by atoms with Crippen LogP contribution in [0.25, 0.3) is 0 Å². The second-order valence-corrected chi connectivity index (χ2v) is 8.02. The van der Waals surface area contributed by atoms with Gasteiger partial charge in [0.2, 0.25) is 5.03 Å². The molecule has 1 heterocycles. The summed E-state index contributed by atoms with van der Waals surface area (Å²) in [5.74, 6) is 0.516. The minimum Gasteiger partial charge on any atom is -0.235 e. The topological polar surface area (TPSA) is 68.1 Å². The Bertz CT molecular complexity index is 495. The Morgan fingerprint density at radius 3 is 2.00 bits per heavy atom. The summed E-state index contributed by atoms with van der Waals surface area (Å²) >= 11 is 3.15. The first-order valence-corrected chi connectivity index (χ1v) is 8.44. The van der Waals surface area contributed by atoms with Gasteiger partial charge in [0.25, 0.3) is 10.0 Å². The fourth-order valence-electron chi connectivity index (χ4n) is 1.80. The molecule has 0 aliphatic rings. The summed E-state index contributed by atoms with van der Waals surface area (Å²) in [6.07, 6.45) is 0. The van der Waals surface area contributed by atoms with Gasteiger partial charge >= 0.3 is 0 Å². The van der Waals surface area contributed by atoms with Crippen LogP contribution in [0.5, 0.6) is 0 Å². The van der Waals surface area contributed by atoms with E-state index in [2.05, 4.69) is 26.2 Å². The standard InChI is InChI=1S/C11H21BrN4O2S/c1-8(2)6-16(7-9(3)4)19(17,18)11-10(12)13-14-15(11)5/h8-9H,6-7H2,1-5H3. The van der Waals surface area contributed by atoms with E-state index in [9.17, 15) is 8.42 Å². The van der Waals surface area contributed by atoms with Gasteiger partial charge in [-0.15, -0.1) is 5.10 Å². The van der Waals surface area contributed by atoms with Gasteiger partial charge in [0.05, 0.1) is 0 Å². The zero-order chi connectivity index (χ0) is 14.8. The zero-order valence-electron chi connectivity index (χ0n) is 12.0. The lowest BCUT2D eigenvalue weighted by Gasteiger charge is -2.25. The number of sulfonamides is 1. The van der Waals surface area contributed by atoms with Gasteiger partial charge in [0.1, 0.15) is 0 Å². The molecule has 0 amide bonds. The van der Waals surface area contributed by atoms with Gasteiger partial charge in [0.15, 0.2) is 4.60 Å². The highest BCUT2D eigenvalue weighted by Crippen LogP contribution is 2.23. The van der Waals surface area contributed by atoms with E-state index in [0.29, 0.717) is 13.1 Å². The zero-order valence-corrected chi connectivity index (χ0v) is 14.4. The van der Waals surface area contributed by atoms with Crippen molar-refractivity contribution < 1.29 is 8.42 Å². The molecule has 0 saturated carbocycles. The second kappa shape index (κ2) is 6.32. The molecule has 0 bridgehead atoms. The van der Waals surface area contributed by atoms with Gasteiger partial charge in [-0.3, -0.25) is 0 Å². The molecule has 1 aromatic heterocycles. The molecule has 0 aromatic carbocycles. The summed E-state index contributed by atoms with van der Waals surface area (Å²) in [4.78, 5) is 0. The fraction of sp³-hybridized carbons (Fsp3) is 0.818. The average Bonchev–Trinajstić information content (AvgIpc) is 2.56. The molecule has 0 N–H and O–H groups in total. The highest BCUT2D eigenvalue weighted by atomic mass is 79.9. The van der Waals surface area contributed by atoms with Gasteiger partial charge in [-0.05, 0) is 27.8 Å². The van der Waals surface area contributed by atoms with Gasteiger partial charge < -0.3 is 0 Å². The Hall–Kier alpha value is -0.470. The highest BCUT2D eigenvalue weighted by Gasteiger charge is 2.31. The molecule has 0 fully saturated rings. The Balaban J connectivity index is 3.19. The molecule has 1 aromatic rings. The Morgan fingerprint density at radius 2 is 1.68 bits per heavy atom. The third-order valence-electron chi connectivity index (χ3n) is 2.46. The van der Waals surface area contributed by atoms with Crippen molar-refractivity contribution in [2.24, 2.45) is 18.9 Å². The lowest BCUT2D eigenvalue weighted by atomic mass is 10.2. The fourth-order valence-corrected chi connectivity index (χ4v) is 4.60. The third-order valence-corrected chi connectivity index (χ3v) is 5.18. The molecule has 0 aliphatic carbocycles. The largest absolute Gasteiger partial charge is 0.263 e. The molecule has 8 heteroatoms. The molecule has 0 spiro atoms. The van der Waals surface area contributed by atoms with Crippen LogP contribution in [0.15, 0.2) is 9.63 Å². The van der Waals surface area contributed by atoms with E-state index in [1.165, 1.54) is 8.99 Å². The summed E-state index contributed by atoms with van der Waals surface area (Å²) < 4.78 is 28.4. The van der Waals surface area contributed by atoms with E-state index in [0.717, 1.165) is 0 Å². The number of aryl methyl sites for hydroxylation is 1. The first-order valence-electron chi connectivity index (χ1n) is 6.21. The van der Waals surface area contributed by atoms with Crippen molar-refractivity contribution in [1.82, 2.24) is 19.3 Å². The van der Waals surface area contributed by atoms with Gasteiger partial charge in [0, 0.05) is 20.1 Å². The predicted octanol–water partition coefficient (Wildman–Crippen LogP) is 1.88. The maximum Gasteiger partial charge on any atom is 0.263 e. The van der Waals surface area contributed by atoms with Crippen LogP contribution in [0.1, 0.15) is 27.7 Å². The van der Waals surface area contributed by atoms with E-state index >= 15 is 0 Å². The Morgan fingerprint density at radius 1 is 1.21 bits per heavy atom. The predicted molar refractivity (Wildman–Crippen MR) is 77.1 cm³/mol. The van der Waals surface area contributed by atoms with Crippen molar-refractivity contribution in [1.29, 1.82) is 0 Å². The number of halogens is 1. The van der Waals surface area contributed by atoms with Crippen molar-refractivity contribution in [3.05, 3.63) is 4.60 Å². The molecular formula is C11H21BrN4O2S. The SMILES string of the molecule is CC(C)CN(CC(C)C)S(=O)(=O)c1c(Br)nnn1C. The lowest BCUT2D eigenvalue weighted by molar-refractivity contribution is 0.330. The second-order valence-electron chi connectivity index (χ2n) is 5.42. The summed E-state index contributed by atoms with van der Waals surface area (Å²) in [6, 6.07) is 0. The van der Waals surface area contributed by atoms with Crippen molar-refractivity contribution in [2.75, 3.05) is 13.1 Å². The van der Waals surface area contributed by atoms with Crippen LogP contribution in [0, 0.1) is 11.8 Å². The number of aromatic nitrogens is 3. The van der Waals surface area contributed by atoms with Crippen LogP contribution < -0.4 is 0 Å². The van der Waals surface area contributed by atoms with Crippen molar-refractivity contribution in [3.63, 3.8) is 0 Å². The maximum absolute atomic E-state index is 12.7. The Labute approximate surface area is 123 Å². The van der Waals surface area contributed by atoms with E-state index in [1.54, 1.807) is 7.05 Å². The van der Waals surface area contributed by atoms with Crippen LogP contribution >= 0.6 is 15.9 Å². The van der Waals surface area contributed by atoms with E-state index < -0.39 is 10.0 Å². The molecule has 0 atom stereocenters.